The first-order chi connectivity index (χ1) is 11.5. The highest BCUT2D eigenvalue weighted by atomic mass is 35.5. The SMILES string of the molecule is CN/C(N)=C(\C(=N)C(F)(F)F)C(=O)OCC(=O)c1ccc(F)cc1Cl. The first-order valence-corrected chi connectivity index (χ1v) is 6.85. The lowest BCUT2D eigenvalue weighted by Gasteiger charge is -2.14. The van der Waals surface area contributed by atoms with Gasteiger partial charge in [-0.15, -0.1) is 0 Å². The molecule has 0 radical (unpaired) electrons. The minimum absolute atomic E-state index is 0.186. The van der Waals surface area contributed by atoms with Crippen LogP contribution in [0.4, 0.5) is 17.6 Å². The number of benzene rings is 1. The third-order valence-electron chi connectivity index (χ3n) is 2.84. The lowest BCUT2D eigenvalue weighted by Crippen LogP contribution is -2.34. The van der Waals surface area contributed by atoms with Crippen LogP contribution in [0.2, 0.25) is 5.02 Å². The number of ketones is 1. The fraction of sp³-hybridized carbons (Fsp3) is 0.214. The molecule has 0 aromatic heterocycles. The van der Waals surface area contributed by atoms with Crippen LogP contribution in [0.3, 0.4) is 0 Å². The number of esters is 1. The Morgan fingerprint density at radius 3 is 2.44 bits per heavy atom. The molecule has 0 fully saturated rings. The number of alkyl halides is 3. The number of hydrogen-bond acceptors (Lipinski definition) is 6. The van der Waals surface area contributed by atoms with Crippen molar-refractivity contribution in [3.63, 3.8) is 0 Å². The van der Waals surface area contributed by atoms with Crippen molar-refractivity contribution in [3.8, 4) is 0 Å². The summed E-state index contributed by atoms with van der Waals surface area (Å²) in [6.07, 6.45) is -5.15. The molecule has 0 spiro atoms. The van der Waals surface area contributed by atoms with Crippen molar-refractivity contribution in [1.29, 1.82) is 5.41 Å². The molecule has 1 aromatic rings. The first kappa shape index (κ1) is 20.4. The average molecular weight is 382 g/mol. The van der Waals surface area contributed by atoms with Crippen molar-refractivity contribution >= 4 is 29.1 Å². The number of nitrogens with one attached hydrogen (secondary N) is 2. The molecule has 25 heavy (non-hydrogen) atoms. The summed E-state index contributed by atoms with van der Waals surface area (Å²) in [7, 11) is 1.13. The van der Waals surface area contributed by atoms with Crippen LogP contribution in [0.25, 0.3) is 0 Å². The molecule has 11 heteroatoms. The molecule has 0 aliphatic rings. The van der Waals surface area contributed by atoms with E-state index < -0.39 is 47.5 Å². The number of carbonyl (C=O) groups excluding carboxylic acids is 2. The van der Waals surface area contributed by atoms with E-state index in [2.05, 4.69) is 10.1 Å². The van der Waals surface area contributed by atoms with Gasteiger partial charge in [0.1, 0.15) is 17.2 Å². The number of nitrogens with two attached hydrogens (primary N) is 1. The molecule has 0 atom stereocenters. The summed E-state index contributed by atoms with van der Waals surface area (Å²) in [4.78, 5) is 23.7. The van der Waals surface area contributed by atoms with Crippen LogP contribution < -0.4 is 11.1 Å². The van der Waals surface area contributed by atoms with Gasteiger partial charge < -0.3 is 15.8 Å². The molecule has 0 aliphatic carbocycles. The maximum absolute atomic E-state index is 12.9. The van der Waals surface area contributed by atoms with E-state index in [-0.39, 0.29) is 10.6 Å². The quantitative estimate of drug-likeness (QED) is 0.230. The van der Waals surface area contributed by atoms with Crippen molar-refractivity contribution < 1.29 is 31.9 Å². The highest BCUT2D eigenvalue weighted by Gasteiger charge is 2.41. The second kappa shape index (κ2) is 7.97. The summed E-state index contributed by atoms with van der Waals surface area (Å²) in [5.74, 6) is -3.95. The van der Waals surface area contributed by atoms with Gasteiger partial charge in [-0.05, 0) is 18.2 Å². The van der Waals surface area contributed by atoms with Crippen LogP contribution in [-0.4, -0.2) is 37.3 Å². The molecule has 0 bridgehead atoms. The van der Waals surface area contributed by atoms with Gasteiger partial charge in [0.25, 0.3) is 0 Å². The van der Waals surface area contributed by atoms with Crippen molar-refractivity contribution in [2.45, 2.75) is 6.18 Å². The van der Waals surface area contributed by atoms with Crippen molar-refractivity contribution in [1.82, 2.24) is 5.32 Å². The van der Waals surface area contributed by atoms with E-state index >= 15 is 0 Å². The average Bonchev–Trinajstić information content (AvgIpc) is 2.51. The molecule has 6 nitrogen and oxygen atoms in total. The fourth-order valence-corrected chi connectivity index (χ4v) is 1.88. The number of carbonyl (C=O) groups is 2. The lowest BCUT2D eigenvalue weighted by molar-refractivity contribution is -0.138. The number of Topliss-reactive ketones (excluding diaryl/α,β-unsaturated/α-hetero) is 1. The molecule has 0 amide bonds. The standard InChI is InChI=1S/C14H12ClF4N3O3/c1-22-12(21)10(11(20)14(17,18)19)13(24)25-5-9(23)7-3-2-6(16)4-8(7)15/h2-4,20,22H,5,21H2,1H3/b12-10+,20-11?. The van der Waals surface area contributed by atoms with E-state index in [0.717, 1.165) is 25.2 Å². The Labute approximate surface area is 144 Å². The van der Waals surface area contributed by atoms with Gasteiger partial charge in [-0.2, -0.15) is 13.2 Å². The topological polar surface area (TPSA) is 105 Å². The maximum atomic E-state index is 12.9. The van der Waals surface area contributed by atoms with Gasteiger partial charge in [-0.1, -0.05) is 11.6 Å². The zero-order valence-corrected chi connectivity index (χ0v) is 13.4. The molecular formula is C14H12ClF4N3O3. The number of halogens is 5. The minimum atomic E-state index is -5.15. The highest BCUT2D eigenvalue weighted by Crippen LogP contribution is 2.23. The molecule has 0 aliphatic heterocycles. The molecule has 4 N–H and O–H groups in total. The predicted molar refractivity (Wildman–Crippen MR) is 80.8 cm³/mol. The Morgan fingerprint density at radius 2 is 1.96 bits per heavy atom. The largest absolute Gasteiger partial charge is 0.454 e. The van der Waals surface area contributed by atoms with Crippen LogP contribution in [0, 0.1) is 11.2 Å². The molecule has 136 valence electrons. The molecule has 0 heterocycles. The third-order valence-corrected chi connectivity index (χ3v) is 3.15. The number of hydrogen-bond donors (Lipinski definition) is 3. The molecule has 0 unspecified atom stereocenters. The van der Waals surface area contributed by atoms with E-state index in [4.69, 9.17) is 22.7 Å². The zero-order valence-electron chi connectivity index (χ0n) is 12.6. The zero-order chi connectivity index (χ0) is 19.4. The van der Waals surface area contributed by atoms with Gasteiger partial charge in [0.2, 0.25) is 5.78 Å². The van der Waals surface area contributed by atoms with Crippen molar-refractivity contribution in [3.05, 3.63) is 46.0 Å². The lowest BCUT2D eigenvalue weighted by atomic mass is 10.1. The number of rotatable bonds is 6. The number of ether oxygens (including phenoxy) is 1. The summed E-state index contributed by atoms with van der Waals surface area (Å²) in [5.41, 5.74) is 1.77. The minimum Gasteiger partial charge on any atom is -0.454 e. The molecule has 1 rings (SSSR count). The second-order valence-electron chi connectivity index (χ2n) is 4.53. The smallest absolute Gasteiger partial charge is 0.433 e. The van der Waals surface area contributed by atoms with Crippen molar-refractivity contribution in [2.24, 2.45) is 5.73 Å². The molecule has 0 saturated heterocycles. The van der Waals surface area contributed by atoms with Crippen LogP contribution in [0.1, 0.15) is 10.4 Å². The van der Waals surface area contributed by atoms with Gasteiger partial charge in [0.15, 0.2) is 12.3 Å². The Bertz CT molecular complexity index is 747. The Balaban J connectivity index is 2.95. The molecule has 1 aromatic carbocycles. The van der Waals surface area contributed by atoms with Crippen LogP contribution >= 0.6 is 11.6 Å². The molecular weight excluding hydrogens is 370 g/mol. The van der Waals surface area contributed by atoms with Gasteiger partial charge in [0.05, 0.1) is 5.02 Å². The normalized spacial score (nSPS) is 12.2. The van der Waals surface area contributed by atoms with Crippen LogP contribution in [0.5, 0.6) is 0 Å². The Morgan fingerprint density at radius 1 is 1.36 bits per heavy atom. The van der Waals surface area contributed by atoms with Crippen LogP contribution in [-0.2, 0) is 9.53 Å². The van der Waals surface area contributed by atoms with E-state index in [1.165, 1.54) is 0 Å². The van der Waals surface area contributed by atoms with Gasteiger partial charge in [-0.3, -0.25) is 10.2 Å². The summed E-state index contributed by atoms with van der Waals surface area (Å²) < 4.78 is 55.3. The maximum Gasteiger partial charge on any atom is 0.433 e. The second-order valence-corrected chi connectivity index (χ2v) is 4.94. The summed E-state index contributed by atoms with van der Waals surface area (Å²) in [6.45, 7) is -0.976. The van der Waals surface area contributed by atoms with E-state index in [9.17, 15) is 27.2 Å². The van der Waals surface area contributed by atoms with Gasteiger partial charge in [0, 0.05) is 12.6 Å². The van der Waals surface area contributed by atoms with Crippen LogP contribution in [0.15, 0.2) is 29.6 Å². The molecule has 0 saturated carbocycles. The Kier molecular flexibility index (Phi) is 6.51. The fourth-order valence-electron chi connectivity index (χ4n) is 1.61. The third kappa shape index (κ3) is 5.18. The van der Waals surface area contributed by atoms with E-state index in [0.29, 0.717) is 0 Å². The van der Waals surface area contributed by atoms with Gasteiger partial charge >= 0.3 is 12.1 Å². The summed E-state index contributed by atoms with van der Waals surface area (Å²) in [6, 6.07) is 2.81. The Hall–Kier alpha value is -2.62. The van der Waals surface area contributed by atoms with Gasteiger partial charge in [-0.25, -0.2) is 9.18 Å². The predicted octanol–water partition coefficient (Wildman–Crippen LogP) is 2.18. The van der Waals surface area contributed by atoms with E-state index in [1.54, 1.807) is 0 Å². The highest BCUT2D eigenvalue weighted by molar-refractivity contribution is 6.34. The monoisotopic (exact) mass is 381 g/mol. The van der Waals surface area contributed by atoms with Crippen molar-refractivity contribution in [2.75, 3.05) is 13.7 Å². The van der Waals surface area contributed by atoms with E-state index in [1.807, 2.05) is 0 Å². The summed E-state index contributed by atoms with van der Waals surface area (Å²) in [5, 5.41) is 8.86. The first-order valence-electron chi connectivity index (χ1n) is 6.48. The summed E-state index contributed by atoms with van der Waals surface area (Å²) >= 11 is 5.66.